The van der Waals surface area contributed by atoms with Crippen molar-refractivity contribution in [2.45, 2.75) is 44.6 Å². The first-order valence-electron chi connectivity index (χ1n) is 9.37. The third-order valence-electron chi connectivity index (χ3n) is 5.24. The molecule has 25 heavy (non-hydrogen) atoms. The lowest BCUT2D eigenvalue weighted by Crippen LogP contribution is -2.32. The SMILES string of the molecule is Cn1nc(CNC(=O)c2ccccc2N2CCCCC2)cc1C1CC1. The van der Waals surface area contributed by atoms with Crippen LogP contribution in [0.2, 0.25) is 0 Å². The maximum Gasteiger partial charge on any atom is 0.253 e. The van der Waals surface area contributed by atoms with E-state index in [1.54, 1.807) is 0 Å². The standard InChI is InChI=1S/C20H26N4O/c1-23-19(15-9-10-15)13-16(22-23)14-21-20(25)17-7-3-4-8-18(17)24-11-5-2-6-12-24/h3-4,7-8,13,15H,2,5-6,9-12,14H2,1H3,(H,21,25). The fraction of sp³-hybridized carbons (Fsp3) is 0.500. The lowest BCUT2D eigenvalue weighted by molar-refractivity contribution is 0.0950. The molecule has 0 atom stereocenters. The van der Waals surface area contributed by atoms with E-state index < -0.39 is 0 Å². The number of rotatable bonds is 5. The van der Waals surface area contributed by atoms with Crippen molar-refractivity contribution in [2.24, 2.45) is 7.05 Å². The highest BCUT2D eigenvalue weighted by Gasteiger charge is 2.27. The van der Waals surface area contributed by atoms with Crippen molar-refractivity contribution in [3.05, 3.63) is 47.3 Å². The van der Waals surface area contributed by atoms with Crippen molar-refractivity contribution in [1.82, 2.24) is 15.1 Å². The van der Waals surface area contributed by atoms with Gasteiger partial charge in [0, 0.05) is 37.4 Å². The molecule has 0 unspecified atom stereocenters. The van der Waals surface area contributed by atoms with Crippen molar-refractivity contribution in [1.29, 1.82) is 0 Å². The molecule has 0 radical (unpaired) electrons. The summed E-state index contributed by atoms with van der Waals surface area (Å²) in [6.45, 7) is 2.55. The number of nitrogens with one attached hydrogen (secondary N) is 1. The molecule has 4 rings (SSSR count). The topological polar surface area (TPSA) is 50.2 Å². The quantitative estimate of drug-likeness (QED) is 0.911. The first kappa shape index (κ1) is 16.2. The molecule has 2 heterocycles. The lowest BCUT2D eigenvalue weighted by atomic mass is 10.1. The zero-order valence-corrected chi connectivity index (χ0v) is 14.9. The summed E-state index contributed by atoms with van der Waals surface area (Å²) in [4.78, 5) is 15.1. The minimum atomic E-state index is -0.0141. The van der Waals surface area contributed by atoms with E-state index in [9.17, 15) is 4.79 Å². The van der Waals surface area contributed by atoms with Crippen LogP contribution in [0.15, 0.2) is 30.3 Å². The van der Waals surface area contributed by atoms with Crippen molar-refractivity contribution in [2.75, 3.05) is 18.0 Å². The third-order valence-corrected chi connectivity index (χ3v) is 5.24. The largest absolute Gasteiger partial charge is 0.371 e. The van der Waals surface area contributed by atoms with Gasteiger partial charge in [0.25, 0.3) is 5.91 Å². The van der Waals surface area contributed by atoms with Crippen LogP contribution in [0.25, 0.3) is 0 Å². The molecule has 0 bridgehead atoms. The highest BCUT2D eigenvalue weighted by atomic mass is 16.1. The number of aryl methyl sites for hydroxylation is 1. The molecule has 1 aliphatic heterocycles. The van der Waals surface area contributed by atoms with Gasteiger partial charge in [-0.3, -0.25) is 9.48 Å². The zero-order chi connectivity index (χ0) is 17.2. The van der Waals surface area contributed by atoms with Crippen LogP contribution in [0.1, 0.15) is 59.8 Å². The second kappa shape index (κ2) is 6.90. The summed E-state index contributed by atoms with van der Waals surface area (Å²) in [6, 6.07) is 10.1. The summed E-state index contributed by atoms with van der Waals surface area (Å²) in [5, 5.41) is 7.59. The number of hydrogen-bond donors (Lipinski definition) is 1. The first-order valence-corrected chi connectivity index (χ1v) is 9.37. The first-order chi connectivity index (χ1) is 12.2. The Morgan fingerprint density at radius 3 is 2.72 bits per heavy atom. The van der Waals surface area contributed by atoms with Gasteiger partial charge in [-0.2, -0.15) is 5.10 Å². The van der Waals surface area contributed by atoms with Gasteiger partial charge in [-0.25, -0.2) is 0 Å². The van der Waals surface area contributed by atoms with Gasteiger partial charge >= 0.3 is 0 Å². The van der Waals surface area contributed by atoms with Crippen LogP contribution >= 0.6 is 0 Å². The molecular formula is C20H26N4O. The van der Waals surface area contributed by atoms with Gasteiger partial charge in [-0.15, -0.1) is 0 Å². The summed E-state index contributed by atoms with van der Waals surface area (Å²) in [5.74, 6) is 0.654. The predicted molar refractivity (Wildman–Crippen MR) is 98.9 cm³/mol. The van der Waals surface area contributed by atoms with Gasteiger partial charge < -0.3 is 10.2 Å². The highest BCUT2D eigenvalue weighted by molar-refractivity contribution is 5.99. The molecule has 2 aromatic rings. The summed E-state index contributed by atoms with van der Waals surface area (Å²) in [7, 11) is 1.99. The number of anilines is 1. The van der Waals surface area contributed by atoms with Gasteiger partial charge in [0.2, 0.25) is 0 Å². The number of aromatic nitrogens is 2. The van der Waals surface area contributed by atoms with Crippen LogP contribution < -0.4 is 10.2 Å². The average Bonchev–Trinajstić information content (AvgIpc) is 3.43. The van der Waals surface area contributed by atoms with E-state index in [1.165, 1.54) is 37.8 Å². The van der Waals surface area contributed by atoms with E-state index in [2.05, 4.69) is 27.4 Å². The average molecular weight is 338 g/mol. The summed E-state index contributed by atoms with van der Waals surface area (Å²) in [5.41, 5.74) is 4.05. The molecule has 1 aromatic heterocycles. The third kappa shape index (κ3) is 3.55. The molecule has 0 spiro atoms. The molecule has 5 nitrogen and oxygen atoms in total. The van der Waals surface area contributed by atoms with Crippen LogP contribution in [0.4, 0.5) is 5.69 Å². The number of amides is 1. The Bertz CT molecular complexity index is 757. The van der Waals surface area contributed by atoms with Crippen LogP contribution in [0.5, 0.6) is 0 Å². The number of nitrogens with zero attached hydrogens (tertiary/aromatic N) is 3. The minimum absolute atomic E-state index is 0.0141. The van der Waals surface area contributed by atoms with Crippen LogP contribution in [-0.4, -0.2) is 28.8 Å². The molecule has 1 saturated carbocycles. The maximum absolute atomic E-state index is 12.7. The summed E-state index contributed by atoms with van der Waals surface area (Å²) in [6.07, 6.45) is 6.21. The van der Waals surface area contributed by atoms with Crippen LogP contribution in [-0.2, 0) is 13.6 Å². The summed E-state index contributed by atoms with van der Waals surface area (Å²) >= 11 is 0. The molecule has 132 valence electrons. The van der Waals surface area contributed by atoms with E-state index in [4.69, 9.17) is 0 Å². The van der Waals surface area contributed by atoms with Crippen molar-refractivity contribution < 1.29 is 4.79 Å². The van der Waals surface area contributed by atoms with Crippen molar-refractivity contribution in [3.63, 3.8) is 0 Å². The zero-order valence-electron chi connectivity index (χ0n) is 14.9. The molecule has 5 heteroatoms. The molecule has 1 aliphatic carbocycles. The molecule has 1 N–H and O–H groups in total. The maximum atomic E-state index is 12.7. The van der Waals surface area contributed by atoms with Crippen LogP contribution in [0.3, 0.4) is 0 Å². The Kier molecular flexibility index (Phi) is 4.47. The Morgan fingerprint density at radius 1 is 1.20 bits per heavy atom. The van der Waals surface area contributed by atoms with Crippen molar-refractivity contribution >= 4 is 11.6 Å². The normalized spacial score (nSPS) is 17.6. The Hall–Kier alpha value is -2.30. The van der Waals surface area contributed by atoms with E-state index in [-0.39, 0.29) is 5.91 Å². The molecule has 2 fully saturated rings. The van der Waals surface area contributed by atoms with Gasteiger partial charge in [-0.05, 0) is 50.3 Å². The number of carbonyl (C=O) groups excluding carboxylic acids is 1. The van der Waals surface area contributed by atoms with Crippen molar-refractivity contribution in [3.8, 4) is 0 Å². The predicted octanol–water partition coefficient (Wildman–Crippen LogP) is 3.22. The molecule has 2 aliphatic rings. The Labute approximate surface area is 149 Å². The second-order valence-corrected chi connectivity index (χ2v) is 7.21. The van der Waals surface area contributed by atoms with Gasteiger partial charge in [0.15, 0.2) is 0 Å². The Balaban J connectivity index is 1.45. The number of hydrogen-bond acceptors (Lipinski definition) is 3. The minimum Gasteiger partial charge on any atom is -0.371 e. The van der Waals surface area contributed by atoms with Crippen LogP contribution in [0, 0.1) is 0 Å². The fourth-order valence-electron chi connectivity index (χ4n) is 3.73. The molecule has 1 aromatic carbocycles. The molecular weight excluding hydrogens is 312 g/mol. The lowest BCUT2D eigenvalue weighted by Gasteiger charge is -2.30. The van der Waals surface area contributed by atoms with E-state index in [0.29, 0.717) is 12.5 Å². The Morgan fingerprint density at radius 2 is 1.96 bits per heavy atom. The summed E-state index contributed by atoms with van der Waals surface area (Å²) < 4.78 is 1.96. The fourth-order valence-corrected chi connectivity index (χ4v) is 3.73. The van der Waals surface area contributed by atoms with Gasteiger partial charge in [0.05, 0.1) is 17.8 Å². The highest BCUT2D eigenvalue weighted by Crippen LogP contribution is 2.39. The number of para-hydroxylation sites is 1. The van der Waals surface area contributed by atoms with E-state index in [0.717, 1.165) is 30.0 Å². The number of carbonyl (C=O) groups is 1. The van der Waals surface area contributed by atoms with Gasteiger partial charge in [-0.1, -0.05) is 12.1 Å². The van der Waals surface area contributed by atoms with E-state index in [1.807, 2.05) is 29.9 Å². The number of piperidine rings is 1. The smallest absolute Gasteiger partial charge is 0.253 e. The second-order valence-electron chi connectivity index (χ2n) is 7.21. The molecule has 1 amide bonds. The monoisotopic (exact) mass is 338 g/mol. The molecule has 1 saturated heterocycles. The van der Waals surface area contributed by atoms with Gasteiger partial charge in [0.1, 0.15) is 0 Å². The number of benzene rings is 1. The van der Waals surface area contributed by atoms with E-state index >= 15 is 0 Å².